The van der Waals surface area contributed by atoms with Crippen molar-refractivity contribution in [1.29, 1.82) is 0 Å². The molecule has 94 valence electrons. The third kappa shape index (κ3) is 4.94. The van der Waals surface area contributed by atoms with Crippen molar-refractivity contribution < 1.29 is 9.53 Å². The molecule has 2 unspecified atom stereocenters. The number of carbonyl (C=O) groups is 1. The fourth-order valence-corrected chi connectivity index (χ4v) is 1.41. The van der Waals surface area contributed by atoms with Crippen LogP contribution in [-0.4, -0.2) is 31.7 Å². The smallest absolute Gasteiger partial charge is 0.237 e. The van der Waals surface area contributed by atoms with Crippen LogP contribution in [-0.2, 0) is 9.53 Å². The van der Waals surface area contributed by atoms with Gasteiger partial charge in [-0.3, -0.25) is 4.79 Å². The van der Waals surface area contributed by atoms with Crippen molar-refractivity contribution >= 4 is 5.91 Å². The highest BCUT2D eigenvalue weighted by molar-refractivity contribution is 5.81. The number of nitrogens with two attached hydrogens (primary N) is 1. The first kappa shape index (κ1) is 13.5. The standard InChI is InChI=1S/C12H24N2O2/c1-3-9(2)11(13)12(15)14-6-7-16-8-10-4-5-10/h9-11H,3-8,13H2,1-2H3,(H,14,15). The molecule has 0 aliphatic heterocycles. The van der Waals surface area contributed by atoms with Crippen molar-refractivity contribution in [3.05, 3.63) is 0 Å². The molecular formula is C12H24N2O2. The molecule has 0 spiro atoms. The molecule has 1 aliphatic rings. The predicted molar refractivity (Wildman–Crippen MR) is 64.0 cm³/mol. The van der Waals surface area contributed by atoms with Gasteiger partial charge in [-0.2, -0.15) is 0 Å². The van der Waals surface area contributed by atoms with Crippen molar-refractivity contribution in [2.45, 2.75) is 39.2 Å². The monoisotopic (exact) mass is 228 g/mol. The summed E-state index contributed by atoms with van der Waals surface area (Å²) in [5.41, 5.74) is 5.79. The number of amides is 1. The summed E-state index contributed by atoms with van der Waals surface area (Å²) in [6, 6.07) is -0.395. The highest BCUT2D eigenvalue weighted by Gasteiger charge is 2.21. The lowest BCUT2D eigenvalue weighted by Gasteiger charge is -2.17. The van der Waals surface area contributed by atoms with Crippen LogP contribution in [0.3, 0.4) is 0 Å². The molecule has 0 saturated heterocycles. The molecule has 4 nitrogen and oxygen atoms in total. The van der Waals surface area contributed by atoms with Crippen LogP contribution in [0.2, 0.25) is 0 Å². The average molecular weight is 228 g/mol. The number of ether oxygens (including phenoxy) is 1. The van der Waals surface area contributed by atoms with Gasteiger partial charge in [0.15, 0.2) is 0 Å². The summed E-state index contributed by atoms with van der Waals surface area (Å²) in [6.45, 7) is 6.03. The summed E-state index contributed by atoms with van der Waals surface area (Å²) in [5, 5.41) is 2.80. The topological polar surface area (TPSA) is 64.4 Å². The van der Waals surface area contributed by atoms with Gasteiger partial charge in [0.25, 0.3) is 0 Å². The zero-order valence-electron chi connectivity index (χ0n) is 10.4. The third-order valence-electron chi connectivity index (χ3n) is 3.16. The molecule has 3 N–H and O–H groups in total. The molecule has 1 amide bonds. The second-order valence-corrected chi connectivity index (χ2v) is 4.72. The lowest BCUT2D eigenvalue weighted by Crippen LogP contribution is -2.45. The van der Waals surface area contributed by atoms with Crippen LogP contribution in [0.15, 0.2) is 0 Å². The van der Waals surface area contributed by atoms with Crippen molar-refractivity contribution in [2.24, 2.45) is 17.6 Å². The number of carbonyl (C=O) groups excluding carboxylic acids is 1. The van der Waals surface area contributed by atoms with Crippen molar-refractivity contribution in [1.82, 2.24) is 5.32 Å². The van der Waals surface area contributed by atoms with Crippen molar-refractivity contribution in [2.75, 3.05) is 19.8 Å². The van der Waals surface area contributed by atoms with Crippen LogP contribution in [0.1, 0.15) is 33.1 Å². The highest BCUT2D eigenvalue weighted by Crippen LogP contribution is 2.28. The highest BCUT2D eigenvalue weighted by atomic mass is 16.5. The van der Waals surface area contributed by atoms with Gasteiger partial charge >= 0.3 is 0 Å². The van der Waals surface area contributed by atoms with Gasteiger partial charge in [0.2, 0.25) is 5.91 Å². The Morgan fingerprint density at radius 3 is 2.81 bits per heavy atom. The zero-order valence-corrected chi connectivity index (χ0v) is 10.4. The van der Waals surface area contributed by atoms with E-state index in [1.165, 1.54) is 12.8 Å². The Balaban J connectivity index is 1.99. The van der Waals surface area contributed by atoms with Crippen LogP contribution >= 0.6 is 0 Å². The van der Waals surface area contributed by atoms with Crippen molar-refractivity contribution in [3.63, 3.8) is 0 Å². The van der Waals surface area contributed by atoms with E-state index in [1.54, 1.807) is 0 Å². The van der Waals surface area contributed by atoms with E-state index in [1.807, 2.05) is 13.8 Å². The molecule has 4 heteroatoms. The quantitative estimate of drug-likeness (QED) is 0.607. The molecule has 0 aromatic carbocycles. The van der Waals surface area contributed by atoms with E-state index in [-0.39, 0.29) is 11.8 Å². The Morgan fingerprint density at radius 1 is 1.56 bits per heavy atom. The maximum atomic E-state index is 11.6. The summed E-state index contributed by atoms with van der Waals surface area (Å²) in [4.78, 5) is 11.6. The average Bonchev–Trinajstić information content (AvgIpc) is 3.10. The van der Waals surface area contributed by atoms with E-state index < -0.39 is 6.04 Å². The van der Waals surface area contributed by atoms with Crippen LogP contribution < -0.4 is 11.1 Å². The van der Waals surface area contributed by atoms with E-state index >= 15 is 0 Å². The predicted octanol–water partition coefficient (Wildman–Crippen LogP) is 0.903. The molecular weight excluding hydrogens is 204 g/mol. The Morgan fingerprint density at radius 2 is 2.25 bits per heavy atom. The Hall–Kier alpha value is -0.610. The first-order valence-electron chi connectivity index (χ1n) is 6.26. The molecule has 1 saturated carbocycles. The number of hydrogen-bond donors (Lipinski definition) is 2. The minimum absolute atomic E-state index is 0.0654. The molecule has 0 radical (unpaired) electrons. The lowest BCUT2D eigenvalue weighted by atomic mass is 9.99. The number of hydrogen-bond acceptors (Lipinski definition) is 3. The summed E-state index contributed by atoms with van der Waals surface area (Å²) < 4.78 is 5.42. The molecule has 0 aromatic rings. The van der Waals surface area contributed by atoms with E-state index in [9.17, 15) is 4.79 Å². The summed E-state index contributed by atoms with van der Waals surface area (Å²) in [7, 11) is 0. The van der Waals surface area contributed by atoms with Gasteiger partial charge in [-0.1, -0.05) is 20.3 Å². The Kier molecular flexibility index (Phi) is 5.77. The summed E-state index contributed by atoms with van der Waals surface area (Å²) in [5.74, 6) is 0.940. The maximum absolute atomic E-state index is 11.6. The van der Waals surface area contributed by atoms with Crippen LogP contribution in [0.5, 0.6) is 0 Å². The van der Waals surface area contributed by atoms with Crippen molar-refractivity contribution in [3.8, 4) is 0 Å². The lowest BCUT2D eigenvalue weighted by molar-refractivity contribution is -0.123. The number of rotatable bonds is 8. The molecule has 2 atom stereocenters. The third-order valence-corrected chi connectivity index (χ3v) is 3.16. The number of nitrogens with one attached hydrogen (secondary N) is 1. The van der Waals surface area contributed by atoms with Gasteiger partial charge in [-0.25, -0.2) is 0 Å². The van der Waals surface area contributed by atoms with E-state index in [2.05, 4.69) is 5.32 Å². The van der Waals surface area contributed by atoms with Crippen LogP contribution in [0.4, 0.5) is 0 Å². The van der Waals surface area contributed by atoms with Gasteiger partial charge in [-0.05, 0) is 24.7 Å². The minimum Gasteiger partial charge on any atom is -0.379 e. The largest absolute Gasteiger partial charge is 0.379 e. The van der Waals surface area contributed by atoms with Gasteiger partial charge in [0.05, 0.1) is 12.6 Å². The summed E-state index contributed by atoms with van der Waals surface area (Å²) >= 11 is 0. The fraction of sp³-hybridized carbons (Fsp3) is 0.917. The van der Waals surface area contributed by atoms with E-state index in [4.69, 9.17) is 10.5 Å². The molecule has 16 heavy (non-hydrogen) atoms. The summed E-state index contributed by atoms with van der Waals surface area (Å²) in [6.07, 6.45) is 3.52. The molecule has 1 aliphatic carbocycles. The van der Waals surface area contributed by atoms with Gasteiger partial charge in [-0.15, -0.1) is 0 Å². The molecule has 1 rings (SSSR count). The van der Waals surface area contributed by atoms with E-state index in [0.717, 1.165) is 18.9 Å². The SMILES string of the molecule is CCC(C)C(N)C(=O)NCCOCC1CC1. The molecule has 0 heterocycles. The first-order valence-corrected chi connectivity index (χ1v) is 6.26. The van der Waals surface area contributed by atoms with Gasteiger partial charge in [0.1, 0.15) is 0 Å². The van der Waals surface area contributed by atoms with E-state index in [0.29, 0.717) is 13.2 Å². The zero-order chi connectivity index (χ0) is 12.0. The van der Waals surface area contributed by atoms with Crippen LogP contribution in [0.25, 0.3) is 0 Å². The first-order chi connectivity index (χ1) is 7.65. The maximum Gasteiger partial charge on any atom is 0.237 e. The Bertz CT molecular complexity index is 217. The second kappa shape index (κ2) is 6.86. The molecule has 0 bridgehead atoms. The molecule has 0 aromatic heterocycles. The minimum atomic E-state index is -0.395. The van der Waals surface area contributed by atoms with Gasteiger partial charge < -0.3 is 15.8 Å². The van der Waals surface area contributed by atoms with Crippen LogP contribution in [0, 0.1) is 11.8 Å². The fourth-order valence-electron chi connectivity index (χ4n) is 1.41. The Labute approximate surface area is 97.9 Å². The van der Waals surface area contributed by atoms with Gasteiger partial charge in [0, 0.05) is 13.2 Å². The second-order valence-electron chi connectivity index (χ2n) is 4.72. The normalized spacial score (nSPS) is 19.2. The molecule has 1 fully saturated rings.